The normalized spacial score (nSPS) is 21.3. The van der Waals surface area contributed by atoms with Gasteiger partial charge in [-0.3, -0.25) is 0 Å². The number of unbranched alkanes of at least 4 members (excludes halogenated alkanes) is 1. The van der Waals surface area contributed by atoms with E-state index in [1.54, 1.807) is 14.2 Å². The molecular formula is C18H29NO3. The quantitative estimate of drug-likeness (QED) is 0.725. The van der Waals surface area contributed by atoms with E-state index in [1.807, 2.05) is 24.3 Å². The molecule has 2 N–H and O–H groups in total. The van der Waals surface area contributed by atoms with Crippen molar-refractivity contribution in [3.05, 3.63) is 29.8 Å². The molecular weight excluding hydrogens is 278 g/mol. The van der Waals surface area contributed by atoms with E-state index in [0.717, 1.165) is 63.1 Å². The van der Waals surface area contributed by atoms with E-state index in [-0.39, 0.29) is 5.92 Å². The molecule has 0 amide bonds. The number of ether oxygens (including phenoxy) is 2. The molecule has 1 heterocycles. The van der Waals surface area contributed by atoms with Gasteiger partial charge in [-0.2, -0.15) is 0 Å². The molecule has 1 aromatic rings. The lowest BCUT2D eigenvalue weighted by Crippen LogP contribution is -2.44. The molecule has 0 aliphatic carbocycles. The van der Waals surface area contributed by atoms with Crippen LogP contribution < -0.4 is 10.1 Å². The van der Waals surface area contributed by atoms with Gasteiger partial charge in [0.2, 0.25) is 0 Å². The zero-order valence-electron chi connectivity index (χ0n) is 13.8. The fourth-order valence-corrected chi connectivity index (χ4v) is 3.38. The molecule has 1 fully saturated rings. The lowest BCUT2D eigenvalue weighted by atomic mass is 9.74. The van der Waals surface area contributed by atoms with Gasteiger partial charge >= 0.3 is 0 Å². The highest BCUT2D eigenvalue weighted by molar-refractivity contribution is 5.33. The van der Waals surface area contributed by atoms with Gasteiger partial charge in [0.1, 0.15) is 5.75 Å². The molecule has 0 bridgehead atoms. The van der Waals surface area contributed by atoms with Crippen LogP contribution in [0.3, 0.4) is 0 Å². The van der Waals surface area contributed by atoms with Crippen molar-refractivity contribution >= 4 is 0 Å². The predicted molar refractivity (Wildman–Crippen MR) is 88.2 cm³/mol. The van der Waals surface area contributed by atoms with Crippen molar-refractivity contribution in [3.8, 4) is 5.75 Å². The number of piperidine rings is 1. The van der Waals surface area contributed by atoms with Gasteiger partial charge in [-0.15, -0.1) is 0 Å². The SMILES string of the molecule is COCCCC[C@@](O)(c1cccc(OC)c1)[C@@H]1CCCNC1. The molecule has 1 aliphatic heterocycles. The summed E-state index contributed by atoms with van der Waals surface area (Å²) < 4.78 is 10.5. The molecule has 0 spiro atoms. The second kappa shape index (κ2) is 8.51. The molecule has 0 saturated carbocycles. The summed E-state index contributed by atoms with van der Waals surface area (Å²) in [5.74, 6) is 1.05. The highest BCUT2D eigenvalue weighted by atomic mass is 16.5. The number of hydrogen-bond acceptors (Lipinski definition) is 4. The number of hydrogen-bond donors (Lipinski definition) is 2. The number of methoxy groups -OCH3 is 2. The molecule has 1 saturated heterocycles. The molecule has 22 heavy (non-hydrogen) atoms. The maximum Gasteiger partial charge on any atom is 0.119 e. The molecule has 2 atom stereocenters. The fraction of sp³-hybridized carbons (Fsp3) is 0.667. The number of benzene rings is 1. The Labute approximate surface area is 133 Å². The predicted octanol–water partition coefficient (Wildman–Crippen LogP) is 2.70. The topological polar surface area (TPSA) is 50.7 Å². The van der Waals surface area contributed by atoms with Crippen LogP contribution in [-0.4, -0.2) is 39.0 Å². The van der Waals surface area contributed by atoms with E-state index in [2.05, 4.69) is 5.32 Å². The van der Waals surface area contributed by atoms with Crippen LogP contribution >= 0.6 is 0 Å². The van der Waals surface area contributed by atoms with E-state index in [9.17, 15) is 5.11 Å². The zero-order chi connectivity index (χ0) is 15.8. The van der Waals surface area contributed by atoms with Crippen molar-refractivity contribution in [2.45, 2.75) is 37.7 Å². The minimum atomic E-state index is -0.796. The van der Waals surface area contributed by atoms with Crippen LogP contribution in [0.4, 0.5) is 0 Å². The molecule has 4 nitrogen and oxygen atoms in total. The second-order valence-corrected chi connectivity index (χ2v) is 6.15. The Morgan fingerprint density at radius 3 is 2.86 bits per heavy atom. The first kappa shape index (κ1) is 17.3. The van der Waals surface area contributed by atoms with Gasteiger partial charge < -0.3 is 19.9 Å². The lowest BCUT2D eigenvalue weighted by Gasteiger charge is -2.39. The Morgan fingerprint density at radius 1 is 1.32 bits per heavy atom. The standard InChI is InChI=1S/C18H29NO3/c1-21-12-4-3-10-18(20,16-8-6-11-19-14-16)15-7-5-9-17(13-15)22-2/h5,7,9,13,16,19-20H,3-4,6,8,10-12,14H2,1-2H3/t16-,18-/m1/s1. The van der Waals surface area contributed by atoms with Gasteiger partial charge in [0.15, 0.2) is 0 Å². The summed E-state index contributed by atoms with van der Waals surface area (Å²) >= 11 is 0. The van der Waals surface area contributed by atoms with E-state index in [0.29, 0.717) is 0 Å². The van der Waals surface area contributed by atoms with Crippen LogP contribution in [0.15, 0.2) is 24.3 Å². The van der Waals surface area contributed by atoms with Crippen molar-refractivity contribution in [1.82, 2.24) is 5.32 Å². The lowest BCUT2D eigenvalue weighted by molar-refractivity contribution is -0.0435. The van der Waals surface area contributed by atoms with Crippen molar-refractivity contribution < 1.29 is 14.6 Å². The van der Waals surface area contributed by atoms with E-state index >= 15 is 0 Å². The van der Waals surface area contributed by atoms with Gasteiger partial charge in [-0.1, -0.05) is 12.1 Å². The minimum absolute atomic E-state index is 0.246. The molecule has 1 aliphatic rings. The van der Waals surface area contributed by atoms with Crippen LogP contribution in [0.2, 0.25) is 0 Å². The summed E-state index contributed by atoms with van der Waals surface area (Å²) in [6.45, 7) is 2.67. The van der Waals surface area contributed by atoms with Crippen molar-refractivity contribution in [2.24, 2.45) is 5.92 Å². The molecule has 2 rings (SSSR count). The first-order valence-corrected chi connectivity index (χ1v) is 8.27. The van der Waals surface area contributed by atoms with Gasteiger partial charge in [-0.05, 0) is 56.3 Å². The molecule has 124 valence electrons. The van der Waals surface area contributed by atoms with Gasteiger partial charge in [0.25, 0.3) is 0 Å². The summed E-state index contributed by atoms with van der Waals surface area (Å²) in [4.78, 5) is 0. The number of nitrogens with one attached hydrogen (secondary N) is 1. The maximum atomic E-state index is 11.5. The summed E-state index contributed by atoms with van der Waals surface area (Å²) in [6, 6.07) is 7.89. The van der Waals surface area contributed by atoms with E-state index < -0.39 is 5.60 Å². The first-order chi connectivity index (χ1) is 10.7. The van der Waals surface area contributed by atoms with Crippen molar-refractivity contribution in [3.63, 3.8) is 0 Å². The highest BCUT2D eigenvalue weighted by Crippen LogP contribution is 2.39. The smallest absolute Gasteiger partial charge is 0.119 e. The van der Waals surface area contributed by atoms with Crippen molar-refractivity contribution in [1.29, 1.82) is 0 Å². The van der Waals surface area contributed by atoms with Gasteiger partial charge in [0.05, 0.1) is 12.7 Å². The fourth-order valence-electron chi connectivity index (χ4n) is 3.38. The summed E-state index contributed by atoms with van der Waals surface area (Å²) in [7, 11) is 3.39. The van der Waals surface area contributed by atoms with Crippen LogP contribution in [0.25, 0.3) is 0 Å². The second-order valence-electron chi connectivity index (χ2n) is 6.15. The average molecular weight is 307 g/mol. The Bertz CT molecular complexity index is 446. The van der Waals surface area contributed by atoms with Crippen LogP contribution in [0.5, 0.6) is 5.75 Å². The van der Waals surface area contributed by atoms with E-state index in [4.69, 9.17) is 9.47 Å². The van der Waals surface area contributed by atoms with Gasteiger partial charge in [-0.25, -0.2) is 0 Å². The summed E-state index contributed by atoms with van der Waals surface area (Å²) in [5.41, 5.74) is 0.174. The third-order valence-corrected chi connectivity index (χ3v) is 4.70. The summed E-state index contributed by atoms with van der Waals surface area (Å²) in [6.07, 6.45) is 4.87. The Morgan fingerprint density at radius 2 is 2.18 bits per heavy atom. The maximum absolute atomic E-state index is 11.5. The molecule has 0 aromatic heterocycles. The monoisotopic (exact) mass is 307 g/mol. The third kappa shape index (κ3) is 4.22. The summed E-state index contributed by atoms with van der Waals surface area (Å²) in [5, 5.41) is 14.9. The van der Waals surface area contributed by atoms with Crippen molar-refractivity contribution in [2.75, 3.05) is 33.9 Å². The van der Waals surface area contributed by atoms with Crippen LogP contribution in [0, 0.1) is 5.92 Å². The molecule has 0 radical (unpaired) electrons. The molecule has 0 unspecified atom stereocenters. The van der Waals surface area contributed by atoms with E-state index in [1.165, 1.54) is 0 Å². The minimum Gasteiger partial charge on any atom is -0.497 e. The largest absolute Gasteiger partial charge is 0.497 e. The zero-order valence-corrected chi connectivity index (χ0v) is 13.8. The highest BCUT2D eigenvalue weighted by Gasteiger charge is 2.38. The number of rotatable bonds is 8. The Balaban J connectivity index is 2.18. The van der Waals surface area contributed by atoms with Crippen LogP contribution in [0.1, 0.15) is 37.7 Å². The Kier molecular flexibility index (Phi) is 6.68. The van der Waals surface area contributed by atoms with Crippen LogP contribution in [-0.2, 0) is 10.3 Å². The molecule has 1 aromatic carbocycles. The molecule has 4 heteroatoms. The first-order valence-electron chi connectivity index (χ1n) is 8.27. The Hall–Kier alpha value is -1.10. The van der Waals surface area contributed by atoms with Gasteiger partial charge in [0, 0.05) is 26.2 Å². The average Bonchev–Trinajstić information content (AvgIpc) is 2.59. The third-order valence-electron chi connectivity index (χ3n) is 4.70. The number of aliphatic hydroxyl groups is 1.